The Morgan fingerprint density at radius 2 is 1.87 bits per heavy atom. The fourth-order valence-electron chi connectivity index (χ4n) is 4.31. The quantitative estimate of drug-likeness (QED) is 0.396. The monoisotopic (exact) mass is 456 g/mol. The minimum Gasteiger partial charge on any atom is -0.416 e. The summed E-state index contributed by atoms with van der Waals surface area (Å²) in [6, 6.07) is 4.20. The standard InChI is InChI=1S/C23H28N4O2S2/c1-14-10-15(2)20(16(3)11-14)27(17(4)28)22-24-19(12-30-22)13-31-23-26-25-21(29-23)18-8-6-5-7-9-18/h10-12,18H,5-9,13H2,1-4H3. The molecule has 1 amide bonds. The number of thiazole rings is 1. The second-order valence-corrected chi connectivity index (χ2v) is 10.0. The van der Waals surface area contributed by atoms with Gasteiger partial charge in [0.05, 0.1) is 11.4 Å². The molecule has 0 radical (unpaired) electrons. The molecule has 1 saturated carbocycles. The number of carbonyl (C=O) groups excluding carboxylic acids is 1. The number of anilines is 2. The molecule has 0 saturated heterocycles. The highest BCUT2D eigenvalue weighted by atomic mass is 32.2. The second-order valence-electron chi connectivity index (χ2n) is 8.25. The summed E-state index contributed by atoms with van der Waals surface area (Å²) in [5, 5.41) is 11.7. The van der Waals surface area contributed by atoms with E-state index >= 15 is 0 Å². The van der Waals surface area contributed by atoms with Crippen molar-refractivity contribution < 1.29 is 9.21 Å². The van der Waals surface area contributed by atoms with Gasteiger partial charge < -0.3 is 4.42 Å². The summed E-state index contributed by atoms with van der Waals surface area (Å²) in [4.78, 5) is 19.0. The molecule has 0 N–H and O–H groups in total. The van der Waals surface area contributed by atoms with Gasteiger partial charge in [-0.2, -0.15) is 0 Å². The van der Waals surface area contributed by atoms with Crippen LogP contribution >= 0.6 is 23.1 Å². The topological polar surface area (TPSA) is 72.1 Å². The molecule has 1 aromatic carbocycles. The highest BCUT2D eigenvalue weighted by molar-refractivity contribution is 7.98. The van der Waals surface area contributed by atoms with E-state index in [-0.39, 0.29) is 5.91 Å². The maximum Gasteiger partial charge on any atom is 0.276 e. The van der Waals surface area contributed by atoms with Gasteiger partial charge in [-0.05, 0) is 44.7 Å². The first kappa shape index (κ1) is 22.0. The van der Waals surface area contributed by atoms with Crippen molar-refractivity contribution in [3.63, 3.8) is 0 Å². The summed E-state index contributed by atoms with van der Waals surface area (Å²) < 4.78 is 5.90. The number of nitrogens with zero attached hydrogens (tertiary/aromatic N) is 4. The van der Waals surface area contributed by atoms with Crippen LogP contribution in [0.2, 0.25) is 0 Å². The Hall–Kier alpha value is -2.19. The van der Waals surface area contributed by atoms with E-state index in [4.69, 9.17) is 9.40 Å². The maximum atomic E-state index is 12.5. The summed E-state index contributed by atoms with van der Waals surface area (Å²) in [6.45, 7) is 7.72. The molecule has 0 spiro atoms. The van der Waals surface area contributed by atoms with Crippen molar-refractivity contribution in [3.8, 4) is 0 Å². The van der Waals surface area contributed by atoms with E-state index in [2.05, 4.69) is 29.3 Å². The van der Waals surface area contributed by atoms with Gasteiger partial charge in [0.15, 0.2) is 5.13 Å². The molecule has 0 bridgehead atoms. The number of carbonyl (C=O) groups is 1. The summed E-state index contributed by atoms with van der Waals surface area (Å²) in [7, 11) is 0. The lowest BCUT2D eigenvalue weighted by Crippen LogP contribution is -2.24. The normalized spacial score (nSPS) is 14.7. The van der Waals surface area contributed by atoms with Crippen molar-refractivity contribution >= 4 is 39.8 Å². The van der Waals surface area contributed by atoms with E-state index in [1.165, 1.54) is 47.9 Å². The minimum atomic E-state index is -0.0439. The van der Waals surface area contributed by atoms with Gasteiger partial charge in [0.1, 0.15) is 0 Å². The van der Waals surface area contributed by atoms with Gasteiger partial charge in [0, 0.05) is 24.0 Å². The van der Waals surface area contributed by atoms with E-state index in [9.17, 15) is 4.79 Å². The van der Waals surface area contributed by atoms with Crippen LogP contribution in [0.3, 0.4) is 0 Å². The fourth-order valence-corrected chi connectivity index (χ4v) is 5.95. The number of amides is 1. The van der Waals surface area contributed by atoms with Crippen molar-refractivity contribution in [2.24, 2.45) is 0 Å². The van der Waals surface area contributed by atoms with Gasteiger partial charge in [-0.15, -0.1) is 21.5 Å². The van der Waals surface area contributed by atoms with Crippen LogP contribution in [-0.4, -0.2) is 21.1 Å². The van der Waals surface area contributed by atoms with Crippen LogP contribution in [0.25, 0.3) is 0 Å². The molecular formula is C23H28N4O2S2. The summed E-state index contributed by atoms with van der Waals surface area (Å²) in [5.74, 6) is 1.76. The predicted octanol–water partition coefficient (Wildman–Crippen LogP) is 6.48. The number of rotatable bonds is 6. The number of benzene rings is 1. The zero-order chi connectivity index (χ0) is 22.0. The molecule has 2 heterocycles. The van der Waals surface area contributed by atoms with Crippen molar-refractivity contribution in [3.05, 3.63) is 45.8 Å². The molecular weight excluding hydrogens is 428 g/mol. The first-order chi connectivity index (χ1) is 14.9. The summed E-state index contributed by atoms with van der Waals surface area (Å²) in [5.41, 5.74) is 5.14. The number of thioether (sulfide) groups is 1. The molecule has 6 nitrogen and oxygen atoms in total. The average molecular weight is 457 g/mol. The molecule has 1 aliphatic carbocycles. The zero-order valence-electron chi connectivity index (χ0n) is 18.5. The first-order valence-corrected chi connectivity index (χ1v) is 12.6. The largest absolute Gasteiger partial charge is 0.416 e. The van der Waals surface area contributed by atoms with E-state index in [0.29, 0.717) is 22.0 Å². The lowest BCUT2D eigenvalue weighted by molar-refractivity contribution is -0.115. The van der Waals surface area contributed by atoms with Gasteiger partial charge in [-0.1, -0.05) is 48.7 Å². The van der Waals surface area contributed by atoms with Crippen molar-refractivity contribution in [2.75, 3.05) is 4.90 Å². The van der Waals surface area contributed by atoms with Crippen LogP contribution in [0.4, 0.5) is 10.8 Å². The highest BCUT2D eigenvalue weighted by Gasteiger charge is 2.23. The smallest absolute Gasteiger partial charge is 0.276 e. The van der Waals surface area contributed by atoms with Gasteiger partial charge in [-0.3, -0.25) is 9.69 Å². The number of aryl methyl sites for hydroxylation is 3. The highest BCUT2D eigenvalue weighted by Crippen LogP contribution is 2.36. The molecule has 0 aliphatic heterocycles. The Kier molecular flexibility index (Phi) is 6.77. The maximum absolute atomic E-state index is 12.5. The Bertz CT molecular complexity index is 1050. The third kappa shape index (κ3) is 5.01. The lowest BCUT2D eigenvalue weighted by Gasteiger charge is -2.23. The van der Waals surface area contributed by atoms with Gasteiger partial charge in [0.25, 0.3) is 5.22 Å². The van der Waals surface area contributed by atoms with Crippen molar-refractivity contribution in [1.82, 2.24) is 15.2 Å². The number of hydrogen-bond acceptors (Lipinski definition) is 7. The molecule has 31 heavy (non-hydrogen) atoms. The zero-order valence-corrected chi connectivity index (χ0v) is 20.1. The molecule has 2 aromatic heterocycles. The van der Waals surface area contributed by atoms with Crippen molar-refractivity contribution in [2.45, 2.75) is 76.7 Å². The van der Waals surface area contributed by atoms with Gasteiger partial charge in [-0.25, -0.2) is 4.98 Å². The average Bonchev–Trinajstić information content (AvgIpc) is 3.39. The minimum absolute atomic E-state index is 0.0439. The van der Waals surface area contributed by atoms with Crippen LogP contribution in [0.1, 0.15) is 73.2 Å². The van der Waals surface area contributed by atoms with Crippen molar-refractivity contribution in [1.29, 1.82) is 0 Å². The Morgan fingerprint density at radius 3 is 2.55 bits per heavy atom. The SMILES string of the molecule is CC(=O)N(c1nc(CSc2nnc(C3CCCCC3)o2)cs1)c1c(C)cc(C)cc1C. The Balaban J connectivity index is 1.47. The Morgan fingerprint density at radius 1 is 1.16 bits per heavy atom. The van der Waals surface area contributed by atoms with Gasteiger partial charge >= 0.3 is 0 Å². The van der Waals surface area contributed by atoms with E-state index in [1.54, 1.807) is 11.8 Å². The van der Waals surface area contributed by atoms with Crippen LogP contribution in [-0.2, 0) is 10.5 Å². The molecule has 4 rings (SSSR count). The first-order valence-electron chi connectivity index (χ1n) is 10.7. The van der Waals surface area contributed by atoms with Crippen LogP contribution < -0.4 is 4.90 Å². The molecule has 1 fully saturated rings. The third-order valence-electron chi connectivity index (χ3n) is 5.62. The van der Waals surface area contributed by atoms with Crippen LogP contribution in [0.5, 0.6) is 0 Å². The van der Waals surface area contributed by atoms with E-state index in [1.807, 2.05) is 19.2 Å². The van der Waals surface area contributed by atoms with Gasteiger partial charge in [0.2, 0.25) is 11.8 Å². The fraction of sp³-hybridized carbons (Fsp3) is 0.478. The molecule has 3 aromatic rings. The predicted molar refractivity (Wildman–Crippen MR) is 125 cm³/mol. The second kappa shape index (κ2) is 9.53. The molecule has 0 unspecified atom stereocenters. The molecule has 164 valence electrons. The number of hydrogen-bond donors (Lipinski definition) is 0. The lowest BCUT2D eigenvalue weighted by atomic mass is 9.89. The molecule has 0 atom stereocenters. The van der Waals surface area contributed by atoms with Crippen LogP contribution in [0.15, 0.2) is 27.2 Å². The van der Waals surface area contributed by atoms with E-state index in [0.717, 1.165) is 41.2 Å². The molecule has 1 aliphatic rings. The Labute approximate surface area is 191 Å². The molecule has 8 heteroatoms. The van der Waals surface area contributed by atoms with Crippen LogP contribution in [0, 0.1) is 20.8 Å². The third-order valence-corrected chi connectivity index (χ3v) is 7.35. The number of aromatic nitrogens is 3. The van der Waals surface area contributed by atoms with E-state index < -0.39 is 0 Å². The summed E-state index contributed by atoms with van der Waals surface area (Å²) >= 11 is 2.98. The summed E-state index contributed by atoms with van der Waals surface area (Å²) in [6.07, 6.45) is 6.06.